The fraction of sp³-hybridized carbons (Fsp3) is 0.500. The number of rotatable bonds is 3. The predicted octanol–water partition coefficient (Wildman–Crippen LogP) is 1.35. The minimum Gasteiger partial charge on any atom is -0.360 e. The third-order valence-corrected chi connectivity index (χ3v) is 3.81. The molecular formula is C14H20N4. The summed E-state index contributed by atoms with van der Waals surface area (Å²) in [4.78, 5) is 12.7. The Hall–Kier alpha value is -1.39. The SMILES string of the molecule is CN1CCN(CCc2c[nH]c3cccnc23)CC1. The number of likely N-dealkylation sites (N-methyl/N-ethyl adjacent to an activating group) is 1. The number of hydrogen-bond acceptors (Lipinski definition) is 3. The van der Waals surface area contributed by atoms with Crippen molar-refractivity contribution in [2.75, 3.05) is 39.8 Å². The third kappa shape index (κ3) is 2.40. The summed E-state index contributed by atoms with van der Waals surface area (Å²) < 4.78 is 0. The molecule has 0 spiro atoms. The Morgan fingerprint density at radius 3 is 2.94 bits per heavy atom. The van der Waals surface area contributed by atoms with E-state index in [0.29, 0.717) is 0 Å². The lowest BCUT2D eigenvalue weighted by molar-refractivity contribution is 0.155. The fourth-order valence-corrected chi connectivity index (χ4v) is 2.55. The second-order valence-electron chi connectivity index (χ2n) is 5.11. The van der Waals surface area contributed by atoms with E-state index >= 15 is 0 Å². The number of H-pyrrole nitrogens is 1. The van der Waals surface area contributed by atoms with E-state index in [0.717, 1.165) is 24.0 Å². The molecule has 3 heterocycles. The van der Waals surface area contributed by atoms with Gasteiger partial charge >= 0.3 is 0 Å². The van der Waals surface area contributed by atoms with Crippen molar-refractivity contribution in [2.24, 2.45) is 0 Å². The quantitative estimate of drug-likeness (QED) is 0.885. The van der Waals surface area contributed by atoms with Crippen LogP contribution < -0.4 is 0 Å². The van der Waals surface area contributed by atoms with Crippen LogP contribution in [-0.4, -0.2) is 59.5 Å². The van der Waals surface area contributed by atoms with E-state index in [9.17, 15) is 0 Å². The molecule has 0 radical (unpaired) electrons. The van der Waals surface area contributed by atoms with Gasteiger partial charge < -0.3 is 14.8 Å². The lowest BCUT2D eigenvalue weighted by Gasteiger charge is -2.32. The smallest absolute Gasteiger partial charge is 0.0911 e. The highest BCUT2D eigenvalue weighted by molar-refractivity contribution is 5.78. The number of piperazine rings is 1. The summed E-state index contributed by atoms with van der Waals surface area (Å²) in [6, 6.07) is 4.06. The molecule has 1 fully saturated rings. The van der Waals surface area contributed by atoms with Gasteiger partial charge in [0, 0.05) is 45.1 Å². The first-order valence-electron chi connectivity index (χ1n) is 6.65. The molecule has 18 heavy (non-hydrogen) atoms. The van der Waals surface area contributed by atoms with E-state index in [2.05, 4.69) is 39.1 Å². The van der Waals surface area contributed by atoms with Crippen LogP contribution in [0.3, 0.4) is 0 Å². The molecule has 0 aliphatic carbocycles. The summed E-state index contributed by atoms with van der Waals surface area (Å²) in [6.45, 7) is 5.88. The molecule has 1 saturated heterocycles. The second-order valence-corrected chi connectivity index (χ2v) is 5.11. The lowest BCUT2D eigenvalue weighted by Crippen LogP contribution is -2.45. The predicted molar refractivity (Wildman–Crippen MR) is 73.7 cm³/mol. The van der Waals surface area contributed by atoms with E-state index in [-0.39, 0.29) is 0 Å². The molecule has 2 aromatic heterocycles. The van der Waals surface area contributed by atoms with Gasteiger partial charge in [-0.25, -0.2) is 0 Å². The monoisotopic (exact) mass is 244 g/mol. The van der Waals surface area contributed by atoms with Crippen LogP contribution in [-0.2, 0) is 6.42 Å². The summed E-state index contributed by atoms with van der Waals surface area (Å²) in [5, 5.41) is 0. The third-order valence-electron chi connectivity index (χ3n) is 3.81. The van der Waals surface area contributed by atoms with Crippen LogP contribution in [0.2, 0.25) is 0 Å². The van der Waals surface area contributed by atoms with Crippen LogP contribution in [0.15, 0.2) is 24.5 Å². The van der Waals surface area contributed by atoms with Crippen LogP contribution in [0.4, 0.5) is 0 Å². The molecule has 1 aliphatic heterocycles. The van der Waals surface area contributed by atoms with Crippen molar-refractivity contribution in [3.05, 3.63) is 30.1 Å². The average molecular weight is 244 g/mol. The Labute approximate surface area is 108 Å². The number of nitrogens with one attached hydrogen (secondary N) is 1. The standard InChI is InChI=1S/C14H20N4/c1-17-7-9-18(10-8-17)6-4-12-11-16-13-3-2-5-15-14(12)13/h2-3,5,11,16H,4,6-10H2,1H3. The highest BCUT2D eigenvalue weighted by Gasteiger charge is 2.14. The normalized spacial score (nSPS) is 18.5. The minimum atomic E-state index is 1.08. The lowest BCUT2D eigenvalue weighted by atomic mass is 10.2. The van der Waals surface area contributed by atoms with Gasteiger partial charge in [0.1, 0.15) is 0 Å². The zero-order chi connectivity index (χ0) is 12.4. The van der Waals surface area contributed by atoms with Gasteiger partial charge in [0.05, 0.1) is 11.0 Å². The molecule has 0 amide bonds. The number of fused-ring (bicyclic) bond motifs is 1. The summed E-state index contributed by atoms with van der Waals surface area (Å²) in [5.41, 5.74) is 3.61. The first kappa shape index (κ1) is 11.7. The zero-order valence-electron chi connectivity index (χ0n) is 10.9. The van der Waals surface area contributed by atoms with Crippen molar-refractivity contribution >= 4 is 11.0 Å². The maximum absolute atomic E-state index is 4.46. The number of nitrogens with zero attached hydrogens (tertiary/aromatic N) is 3. The summed E-state index contributed by atoms with van der Waals surface area (Å²) >= 11 is 0. The molecule has 96 valence electrons. The first-order valence-corrected chi connectivity index (χ1v) is 6.65. The number of aromatic amines is 1. The van der Waals surface area contributed by atoms with Crippen LogP contribution in [0.25, 0.3) is 11.0 Å². The topological polar surface area (TPSA) is 35.2 Å². The summed E-state index contributed by atoms with van der Waals surface area (Å²) in [7, 11) is 2.20. The molecule has 0 atom stereocenters. The van der Waals surface area contributed by atoms with E-state index in [1.54, 1.807) is 0 Å². The molecule has 1 aliphatic rings. The van der Waals surface area contributed by atoms with Crippen LogP contribution in [0, 0.1) is 0 Å². The highest BCUT2D eigenvalue weighted by Crippen LogP contribution is 2.15. The van der Waals surface area contributed by atoms with Gasteiger partial charge in [-0.1, -0.05) is 0 Å². The summed E-state index contributed by atoms with van der Waals surface area (Å²) in [6.07, 6.45) is 5.06. The molecular weight excluding hydrogens is 224 g/mol. The van der Waals surface area contributed by atoms with E-state index in [1.165, 1.54) is 31.7 Å². The molecule has 0 saturated carbocycles. The Morgan fingerprint density at radius 1 is 1.28 bits per heavy atom. The van der Waals surface area contributed by atoms with E-state index in [4.69, 9.17) is 0 Å². The number of pyridine rings is 1. The van der Waals surface area contributed by atoms with Gasteiger partial charge in [0.2, 0.25) is 0 Å². The largest absolute Gasteiger partial charge is 0.360 e. The molecule has 0 unspecified atom stereocenters. The zero-order valence-corrected chi connectivity index (χ0v) is 10.9. The fourth-order valence-electron chi connectivity index (χ4n) is 2.55. The average Bonchev–Trinajstić information content (AvgIpc) is 2.82. The van der Waals surface area contributed by atoms with E-state index in [1.807, 2.05) is 12.3 Å². The van der Waals surface area contributed by atoms with Crippen molar-refractivity contribution in [3.8, 4) is 0 Å². The molecule has 4 heteroatoms. The van der Waals surface area contributed by atoms with Crippen LogP contribution in [0.5, 0.6) is 0 Å². The van der Waals surface area contributed by atoms with Crippen molar-refractivity contribution in [3.63, 3.8) is 0 Å². The maximum atomic E-state index is 4.46. The van der Waals surface area contributed by atoms with Gasteiger partial charge in [0.15, 0.2) is 0 Å². The maximum Gasteiger partial charge on any atom is 0.0911 e. The van der Waals surface area contributed by atoms with Gasteiger partial charge in [0.25, 0.3) is 0 Å². The van der Waals surface area contributed by atoms with Gasteiger partial charge in [-0.3, -0.25) is 4.98 Å². The first-order chi connectivity index (χ1) is 8.83. The van der Waals surface area contributed by atoms with Crippen molar-refractivity contribution < 1.29 is 0 Å². The van der Waals surface area contributed by atoms with E-state index < -0.39 is 0 Å². The Morgan fingerprint density at radius 2 is 2.11 bits per heavy atom. The Balaban J connectivity index is 1.63. The summed E-state index contributed by atoms with van der Waals surface area (Å²) in [5.74, 6) is 0. The van der Waals surface area contributed by atoms with Crippen molar-refractivity contribution in [1.82, 2.24) is 19.8 Å². The van der Waals surface area contributed by atoms with Crippen molar-refractivity contribution in [1.29, 1.82) is 0 Å². The van der Waals surface area contributed by atoms with Gasteiger partial charge in [-0.05, 0) is 31.2 Å². The Kier molecular flexibility index (Phi) is 3.30. The van der Waals surface area contributed by atoms with Crippen molar-refractivity contribution in [2.45, 2.75) is 6.42 Å². The van der Waals surface area contributed by atoms with Gasteiger partial charge in [-0.15, -0.1) is 0 Å². The van der Waals surface area contributed by atoms with Gasteiger partial charge in [-0.2, -0.15) is 0 Å². The Bertz CT molecular complexity index is 511. The molecule has 2 aromatic rings. The molecule has 0 bridgehead atoms. The second kappa shape index (κ2) is 5.08. The molecule has 3 rings (SSSR count). The minimum absolute atomic E-state index is 1.08. The van der Waals surface area contributed by atoms with Crippen LogP contribution in [0.1, 0.15) is 5.56 Å². The number of aromatic nitrogens is 2. The molecule has 1 N–H and O–H groups in total. The van der Waals surface area contributed by atoms with Crippen LogP contribution >= 0.6 is 0 Å². The highest BCUT2D eigenvalue weighted by atomic mass is 15.2. The number of hydrogen-bond donors (Lipinski definition) is 1. The molecule has 4 nitrogen and oxygen atoms in total. The molecule has 0 aromatic carbocycles.